The van der Waals surface area contributed by atoms with Crippen LogP contribution in [-0.2, 0) is 9.57 Å². The highest BCUT2D eigenvalue weighted by atomic mass is 79.9. The number of ether oxygens (including phenoxy) is 1. The molecule has 0 aromatic heterocycles. The molecular formula is C14H16BrNO3. The maximum atomic E-state index is 12.1. The van der Waals surface area contributed by atoms with Crippen molar-refractivity contribution in [3.05, 3.63) is 33.8 Å². The van der Waals surface area contributed by atoms with E-state index in [0.29, 0.717) is 12.2 Å². The monoisotopic (exact) mass is 325 g/mol. The predicted molar refractivity (Wildman–Crippen MR) is 76.4 cm³/mol. The molecule has 2 rings (SSSR count). The second-order valence-corrected chi connectivity index (χ2v) is 6.27. The minimum Gasteiger partial charge on any atom is -0.456 e. The first-order chi connectivity index (χ1) is 8.85. The van der Waals surface area contributed by atoms with Crippen molar-refractivity contribution in [2.24, 2.45) is 5.16 Å². The van der Waals surface area contributed by atoms with E-state index >= 15 is 0 Å². The molecule has 19 heavy (non-hydrogen) atoms. The molecule has 0 radical (unpaired) electrons. The van der Waals surface area contributed by atoms with Crippen LogP contribution in [0.25, 0.3) is 0 Å². The van der Waals surface area contributed by atoms with E-state index in [1.807, 2.05) is 26.8 Å². The van der Waals surface area contributed by atoms with Crippen LogP contribution in [0, 0.1) is 0 Å². The van der Waals surface area contributed by atoms with E-state index in [0.717, 1.165) is 22.2 Å². The Labute approximate surface area is 120 Å². The Morgan fingerprint density at radius 2 is 2.11 bits per heavy atom. The minimum atomic E-state index is -0.506. The van der Waals surface area contributed by atoms with Crippen LogP contribution in [0.15, 0.2) is 27.8 Å². The van der Waals surface area contributed by atoms with E-state index in [2.05, 4.69) is 21.1 Å². The summed E-state index contributed by atoms with van der Waals surface area (Å²) in [7, 11) is 0. The zero-order chi connectivity index (χ0) is 14.0. The van der Waals surface area contributed by atoms with Crippen molar-refractivity contribution in [2.75, 3.05) is 6.61 Å². The molecule has 0 atom stereocenters. The molecule has 1 aliphatic rings. The second-order valence-electron chi connectivity index (χ2n) is 5.35. The van der Waals surface area contributed by atoms with Gasteiger partial charge in [0.25, 0.3) is 0 Å². The number of carbonyl (C=O) groups excluding carboxylic acids is 1. The van der Waals surface area contributed by atoms with Crippen molar-refractivity contribution in [1.29, 1.82) is 0 Å². The maximum Gasteiger partial charge on any atom is 0.338 e. The van der Waals surface area contributed by atoms with Crippen molar-refractivity contribution in [1.82, 2.24) is 0 Å². The smallest absolute Gasteiger partial charge is 0.338 e. The van der Waals surface area contributed by atoms with Crippen molar-refractivity contribution in [3.63, 3.8) is 0 Å². The molecule has 1 heterocycles. The number of oxime groups is 1. The van der Waals surface area contributed by atoms with Gasteiger partial charge in [-0.05, 0) is 39.0 Å². The molecule has 5 heteroatoms. The largest absolute Gasteiger partial charge is 0.456 e. The van der Waals surface area contributed by atoms with Gasteiger partial charge in [-0.3, -0.25) is 0 Å². The SMILES string of the molecule is CC(C)(C)OC(=O)c1cc(Br)cc(C2=NOCC2)c1. The first kappa shape index (κ1) is 14.1. The number of hydrogen-bond acceptors (Lipinski definition) is 4. The molecular weight excluding hydrogens is 310 g/mol. The van der Waals surface area contributed by atoms with Crippen molar-refractivity contribution in [3.8, 4) is 0 Å². The zero-order valence-electron chi connectivity index (χ0n) is 11.2. The van der Waals surface area contributed by atoms with Crippen LogP contribution in [0.3, 0.4) is 0 Å². The quantitative estimate of drug-likeness (QED) is 0.781. The van der Waals surface area contributed by atoms with Gasteiger partial charge in [-0.2, -0.15) is 0 Å². The summed E-state index contributed by atoms with van der Waals surface area (Å²) >= 11 is 3.40. The fourth-order valence-corrected chi connectivity index (χ4v) is 2.21. The Bertz CT molecular complexity index is 532. The first-order valence-electron chi connectivity index (χ1n) is 6.08. The fraction of sp³-hybridized carbons (Fsp3) is 0.429. The van der Waals surface area contributed by atoms with E-state index < -0.39 is 5.60 Å². The van der Waals surface area contributed by atoms with Crippen LogP contribution in [0.1, 0.15) is 43.1 Å². The number of esters is 1. The summed E-state index contributed by atoms with van der Waals surface area (Å²) in [4.78, 5) is 17.1. The van der Waals surface area contributed by atoms with Crippen LogP contribution in [-0.4, -0.2) is 23.9 Å². The molecule has 4 nitrogen and oxygen atoms in total. The van der Waals surface area contributed by atoms with Crippen LogP contribution >= 0.6 is 15.9 Å². The maximum absolute atomic E-state index is 12.1. The van der Waals surface area contributed by atoms with Gasteiger partial charge < -0.3 is 9.57 Å². The summed E-state index contributed by atoms with van der Waals surface area (Å²) in [5.74, 6) is -0.338. The molecule has 0 fully saturated rings. The van der Waals surface area contributed by atoms with Crippen molar-refractivity contribution >= 4 is 27.6 Å². The average molecular weight is 326 g/mol. The van der Waals surface area contributed by atoms with E-state index in [-0.39, 0.29) is 5.97 Å². The molecule has 0 N–H and O–H groups in total. The molecule has 0 saturated carbocycles. The molecule has 1 aliphatic heterocycles. The molecule has 0 saturated heterocycles. The van der Waals surface area contributed by atoms with E-state index in [4.69, 9.17) is 9.57 Å². The van der Waals surface area contributed by atoms with E-state index in [1.165, 1.54) is 0 Å². The number of rotatable bonds is 2. The molecule has 102 valence electrons. The Balaban J connectivity index is 2.29. The van der Waals surface area contributed by atoms with E-state index in [9.17, 15) is 4.79 Å². The lowest BCUT2D eigenvalue weighted by molar-refractivity contribution is 0.00694. The number of benzene rings is 1. The van der Waals surface area contributed by atoms with Gasteiger partial charge in [0.05, 0.1) is 11.3 Å². The average Bonchev–Trinajstić information content (AvgIpc) is 2.79. The highest BCUT2D eigenvalue weighted by Crippen LogP contribution is 2.21. The lowest BCUT2D eigenvalue weighted by Gasteiger charge is -2.19. The molecule has 0 bridgehead atoms. The van der Waals surface area contributed by atoms with Crippen LogP contribution in [0.2, 0.25) is 0 Å². The molecule has 0 aliphatic carbocycles. The standard InChI is InChI=1S/C14H16BrNO3/c1-14(2,3)19-13(17)10-6-9(7-11(15)8-10)12-4-5-18-16-12/h6-8H,4-5H2,1-3H3. The van der Waals surface area contributed by atoms with Crippen LogP contribution in [0.5, 0.6) is 0 Å². The topological polar surface area (TPSA) is 47.9 Å². The van der Waals surface area contributed by atoms with Gasteiger partial charge in [0.2, 0.25) is 0 Å². The van der Waals surface area contributed by atoms with E-state index in [1.54, 1.807) is 12.1 Å². The third-order valence-corrected chi connectivity index (χ3v) is 2.93. The summed E-state index contributed by atoms with van der Waals surface area (Å²) in [6.45, 7) is 6.12. The Morgan fingerprint density at radius 1 is 1.37 bits per heavy atom. The summed E-state index contributed by atoms with van der Waals surface area (Å²) in [6.07, 6.45) is 0.754. The molecule has 0 amide bonds. The highest BCUT2D eigenvalue weighted by Gasteiger charge is 2.20. The molecule has 1 aromatic rings. The lowest BCUT2D eigenvalue weighted by atomic mass is 10.0. The normalized spacial score (nSPS) is 14.8. The first-order valence-corrected chi connectivity index (χ1v) is 6.87. The van der Waals surface area contributed by atoms with Crippen molar-refractivity contribution in [2.45, 2.75) is 32.8 Å². The fourth-order valence-electron chi connectivity index (χ4n) is 1.72. The molecule has 1 aromatic carbocycles. The third kappa shape index (κ3) is 3.80. The predicted octanol–water partition coefficient (Wildman–Crippen LogP) is 3.53. The number of carbonyl (C=O) groups is 1. The van der Waals surface area contributed by atoms with Gasteiger partial charge >= 0.3 is 5.97 Å². The van der Waals surface area contributed by atoms with Gasteiger partial charge in [-0.1, -0.05) is 21.1 Å². The summed E-state index contributed by atoms with van der Waals surface area (Å²) < 4.78 is 6.19. The summed E-state index contributed by atoms with van der Waals surface area (Å²) in [6, 6.07) is 5.45. The number of halogens is 1. The third-order valence-electron chi connectivity index (χ3n) is 2.47. The Hall–Kier alpha value is -1.36. The van der Waals surface area contributed by atoms with Gasteiger partial charge in [-0.15, -0.1) is 0 Å². The minimum absolute atomic E-state index is 0.338. The van der Waals surface area contributed by atoms with Gasteiger partial charge in [0.1, 0.15) is 12.2 Å². The lowest BCUT2D eigenvalue weighted by Crippen LogP contribution is -2.24. The highest BCUT2D eigenvalue weighted by molar-refractivity contribution is 9.10. The van der Waals surface area contributed by atoms with Crippen LogP contribution in [0.4, 0.5) is 0 Å². The zero-order valence-corrected chi connectivity index (χ0v) is 12.8. The molecule has 0 unspecified atom stereocenters. The van der Waals surface area contributed by atoms with Crippen molar-refractivity contribution < 1.29 is 14.4 Å². The summed E-state index contributed by atoms with van der Waals surface area (Å²) in [5, 5.41) is 3.97. The van der Waals surface area contributed by atoms with Gasteiger partial charge in [0.15, 0.2) is 0 Å². The van der Waals surface area contributed by atoms with Gasteiger partial charge in [-0.25, -0.2) is 4.79 Å². The van der Waals surface area contributed by atoms with Crippen LogP contribution < -0.4 is 0 Å². The summed E-state index contributed by atoms with van der Waals surface area (Å²) in [5.41, 5.74) is 1.74. The Morgan fingerprint density at radius 3 is 2.68 bits per heavy atom. The number of nitrogens with zero attached hydrogens (tertiary/aromatic N) is 1. The van der Waals surface area contributed by atoms with Gasteiger partial charge in [0, 0.05) is 16.5 Å². The Kier molecular flexibility index (Phi) is 3.94. The number of hydrogen-bond donors (Lipinski definition) is 0. The molecule has 0 spiro atoms. The second kappa shape index (κ2) is 5.33.